The van der Waals surface area contributed by atoms with E-state index in [2.05, 4.69) is 37.2 Å². The first kappa shape index (κ1) is 58.6. The van der Waals surface area contributed by atoms with Crippen LogP contribution in [0.1, 0.15) is 70.4 Å². The molecule has 0 radical (unpaired) electrons. The van der Waals surface area contributed by atoms with Crippen LogP contribution in [0.15, 0.2) is 104 Å². The number of hydrogen-bond donors (Lipinski definition) is 15. The van der Waals surface area contributed by atoms with Crippen molar-refractivity contribution in [1.82, 2.24) is 37.2 Å². The Balaban J connectivity index is 1.30. The topological polar surface area (TPSA) is 373 Å². The van der Waals surface area contributed by atoms with E-state index in [1.165, 1.54) is 36.4 Å². The molecule has 6 amide bonds. The van der Waals surface area contributed by atoms with Crippen LogP contribution in [0.4, 0.5) is 0 Å². The predicted molar refractivity (Wildman–Crippen MR) is 285 cm³/mol. The molecule has 426 valence electrons. The van der Waals surface area contributed by atoms with Gasteiger partial charge in [0.25, 0.3) is 0 Å². The monoisotopic (exact) mass is 1140 g/mol. The van der Waals surface area contributed by atoms with Crippen LogP contribution in [0.25, 0.3) is 0 Å². The third-order valence-electron chi connectivity index (χ3n) is 15.0. The van der Waals surface area contributed by atoms with E-state index < -0.39 is 139 Å². The molecule has 0 saturated carbocycles. The zero-order chi connectivity index (χ0) is 57.1. The minimum Gasteiger partial charge on any atom is -0.512 e. The zero-order valence-electron chi connectivity index (χ0n) is 43.4. The summed E-state index contributed by atoms with van der Waals surface area (Å²) in [6.07, 6.45) is 2.77. The fourth-order valence-corrected chi connectivity index (χ4v) is 11.4. The number of ether oxygens (including phenoxy) is 2. The van der Waals surface area contributed by atoms with Crippen molar-refractivity contribution in [3.8, 4) is 17.2 Å². The van der Waals surface area contributed by atoms with E-state index in [4.69, 9.17) is 38.4 Å². The highest BCUT2D eigenvalue weighted by atomic mass is 35.5. The number of primary amides is 1. The summed E-state index contributed by atoms with van der Waals surface area (Å²) in [5, 5.41) is 98.3. The van der Waals surface area contributed by atoms with Gasteiger partial charge in [-0.3, -0.25) is 28.8 Å². The Kier molecular flexibility index (Phi) is 18.4. The van der Waals surface area contributed by atoms with Crippen molar-refractivity contribution in [3.63, 3.8) is 0 Å². The molecule has 1 fully saturated rings. The van der Waals surface area contributed by atoms with Crippen molar-refractivity contribution in [2.75, 3.05) is 26.8 Å². The number of halogens is 2. The Hall–Kier alpha value is -6.54. The van der Waals surface area contributed by atoms with Crippen LogP contribution in [0.5, 0.6) is 17.2 Å². The van der Waals surface area contributed by atoms with Crippen LogP contribution in [0.2, 0.25) is 0 Å². The minimum atomic E-state index is -1.81. The second-order valence-electron chi connectivity index (χ2n) is 20.9. The molecule has 5 heterocycles. The number of aromatic hydroxyl groups is 1. The summed E-state index contributed by atoms with van der Waals surface area (Å²) in [5.74, 6) is -7.91. The van der Waals surface area contributed by atoms with E-state index in [0.29, 0.717) is 12.0 Å². The van der Waals surface area contributed by atoms with Gasteiger partial charge in [0.1, 0.15) is 47.9 Å². The fraction of sp³-hybridized carbons (Fsp3) is 0.481. The van der Waals surface area contributed by atoms with Crippen molar-refractivity contribution in [3.05, 3.63) is 110 Å². The third-order valence-corrected chi connectivity index (χ3v) is 15.7. The number of alkyl halides is 1. The quantitative estimate of drug-likeness (QED) is 0.143. The maximum absolute atomic E-state index is 15.1. The SMILES string of the molecule is CN[C@H](CC(C)C)C(=O)N[C@H]1C(=O)N[C@@H](CC(N)=O)C(=O)N[C@H]2CN[C@H]3C(=O)N[C@H](C(=O)N[C@H](CO)C4=CC(O)CC(O)=C4C4CC3=CC=C4CO)[C@H](O)C3=CC=C(Oc4cc2cc(c4O)OC2=C(Cl)C=C(CC2)[C@H]1O)C(Cl)C3. The van der Waals surface area contributed by atoms with Crippen molar-refractivity contribution in [2.45, 2.75) is 125 Å². The molecule has 0 aromatic heterocycles. The Bertz CT molecular complexity index is 2910. The molecule has 79 heavy (non-hydrogen) atoms. The number of aliphatic hydroxyl groups is 6. The molecule has 12 atom stereocenters. The lowest BCUT2D eigenvalue weighted by molar-refractivity contribution is -0.135. The lowest BCUT2D eigenvalue weighted by Crippen LogP contribution is -2.61. The largest absolute Gasteiger partial charge is 0.512 e. The molecule has 10 rings (SSSR count). The normalized spacial score (nSPS) is 30.0. The summed E-state index contributed by atoms with van der Waals surface area (Å²) in [6.45, 7) is 2.02. The highest BCUT2D eigenvalue weighted by molar-refractivity contribution is 6.31. The predicted octanol–water partition coefficient (Wildman–Crippen LogP) is -0.171. The first-order valence-electron chi connectivity index (χ1n) is 26.0. The lowest BCUT2D eigenvalue weighted by atomic mass is 9.73. The number of carbonyl (C=O) groups excluding carboxylic acids is 6. The maximum Gasteiger partial charge on any atom is 0.246 e. The Morgan fingerprint density at radius 1 is 0.835 bits per heavy atom. The standard InChI is InChI=1S/C54H66Cl2N8O15/c1-22(2)10-33(58-3)50(73)63-45-47(70)24-6-8-38(31(55)12-24)78-40-14-27-15-41(49(40)72)79-39-9-7-25(13-32(39)56)48(71)46-54(77)62-36(21-66)30-16-28(67)17-37(68)43(30)29-11-23(4-5-26(29)20-65)44(52(75)64-46)59-19-35(27)61-51(74)34(18-42(57)69)60-53(45)76/h4-5,7,9,12,14-16,22,28-29,32-36,44-48,58-59,65-68,70-72H,6,8,10-11,13,17-21H2,1-3H3,(H2,57,69)(H,60,76)(H,61,74)(H,62,77)(H,63,73)(H,64,75)/t28?,29?,32?,33-,34+,35+,36-,44-,45-,46+,47-,48-/m1/s1. The molecule has 5 aliphatic heterocycles. The molecule has 25 heteroatoms. The van der Waals surface area contributed by atoms with Crippen LogP contribution in [-0.4, -0.2) is 158 Å². The van der Waals surface area contributed by atoms with Gasteiger partial charge in [0.05, 0.1) is 60.0 Å². The number of amides is 6. The summed E-state index contributed by atoms with van der Waals surface area (Å²) in [5.41, 5.74) is 7.09. The van der Waals surface area contributed by atoms with Crippen molar-refractivity contribution in [1.29, 1.82) is 0 Å². The van der Waals surface area contributed by atoms with Gasteiger partial charge in [-0.05, 0) is 102 Å². The van der Waals surface area contributed by atoms with Crippen LogP contribution < -0.4 is 52.4 Å². The van der Waals surface area contributed by atoms with E-state index >= 15 is 4.79 Å². The first-order valence-corrected chi connectivity index (χ1v) is 26.8. The molecule has 0 spiro atoms. The number of phenols is 1. The second kappa shape index (κ2) is 24.9. The minimum absolute atomic E-state index is 0.00679. The molecule has 16 N–H and O–H groups in total. The van der Waals surface area contributed by atoms with Crippen LogP contribution >= 0.6 is 23.2 Å². The fourth-order valence-electron chi connectivity index (χ4n) is 10.8. The molecule has 23 nitrogen and oxygen atoms in total. The number of allylic oxidation sites excluding steroid dienone is 8. The molecule has 1 aromatic carbocycles. The Labute approximate surface area is 464 Å². The van der Waals surface area contributed by atoms with E-state index in [0.717, 1.165) is 0 Å². The van der Waals surface area contributed by atoms with Crippen LogP contribution in [0, 0.1) is 11.8 Å². The number of hydrogen-bond acceptors (Lipinski definition) is 17. The highest BCUT2D eigenvalue weighted by Gasteiger charge is 2.43. The van der Waals surface area contributed by atoms with Gasteiger partial charge < -0.3 is 88.2 Å². The number of rotatable bonds is 9. The van der Waals surface area contributed by atoms with Gasteiger partial charge in [-0.15, -0.1) is 11.6 Å². The molecule has 1 saturated heterocycles. The number of carbonyl (C=O) groups is 6. The summed E-state index contributed by atoms with van der Waals surface area (Å²) in [4.78, 5) is 85.7. The summed E-state index contributed by atoms with van der Waals surface area (Å²) < 4.78 is 12.7. The van der Waals surface area contributed by atoms with Gasteiger partial charge in [0.15, 0.2) is 11.5 Å². The van der Waals surface area contributed by atoms with E-state index in [9.17, 15) is 59.7 Å². The van der Waals surface area contributed by atoms with Gasteiger partial charge in [0.2, 0.25) is 41.2 Å². The number of nitrogens with one attached hydrogen (secondary N) is 7. The van der Waals surface area contributed by atoms with Gasteiger partial charge in [-0.1, -0.05) is 43.7 Å². The van der Waals surface area contributed by atoms with Gasteiger partial charge in [-0.2, -0.15) is 0 Å². The average Bonchev–Trinajstić information content (AvgIpc) is 3.40. The van der Waals surface area contributed by atoms with E-state index in [1.807, 2.05) is 13.8 Å². The maximum atomic E-state index is 15.1. The number of likely N-dealkylation sites (N-methyl/N-ethyl adjacent to an activating group) is 1. The summed E-state index contributed by atoms with van der Waals surface area (Å²) in [6, 6.07) is -7.67. The molecule has 3 unspecified atom stereocenters. The zero-order valence-corrected chi connectivity index (χ0v) is 44.9. The van der Waals surface area contributed by atoms with Crippen molar-refractivity contribution >= 4 is 58.6 Å². The Morgan fingerprint density at radius 2 is 1.54 bits per heavy atom. The third kappa shape index (κ3) is 12.9. The van der Waals surface area contributed by atoms with E-state index in [1.54, 1.807) is 19.2 Å². The second-order valence-corrected chi connectivity index (χ2v) is 21.8. The highest BCUT2D eigenvalue weighted by Crippen LogP contribution is 2.45. The number of nitrogens with two attached hydrogens (primary N) is 1. The van der Waals surface area contributed by atoms with Crippen LogP contribution in [0.3, 0.4) is 0 Å². The Morgan fingerprint density at radius 3 is 2.20 bits per heavy atom. The summed E-state index contributed by atoms with van der Waals surface area (Å²) >= 11 is 13.8. The van der Waals surface area contributed by atoms with Crippen molar-refractivity contribution < 1.29 is 74.0 Å². The molecular weight excluding hydrogens is 1070 g/mol. The molecule has 1 aromatic rings. The van der Waals surface area contributed by atoms with Crippen LogP contribution in [-0.2, 0) is 28.8 Å². The van der Waals surface area contributed by atoms with Gasteiger partial charge in [-0.25, -0.2) is 0 Å². The smallest absolute Gasteiger partial charge is 0.246 e. The molecule has 4 aliphatic carbocycles. The number of fused-ring (bicyclic) bond motifs is 15. The first-order chi connectivity index (χ1) is 37.6. The van der Waals surface area contributed by atoms with E-state index in [-0.39, 0.29) is 105 Å². The van der Waals surface area contributed by atoms with Crippen molar-refractivity contribution in [2.24, 2.45) is 17.6 Å². The summed E-state index contributed by atoms with van der Waals surface area (Å²) in [7, 11) is 1.55. The number of aliphatic hydroxyl groups excluding tert-OH is 6. The lowest BCUT2D eigenvalue weighted by Gasteiger charge is -2.38. The average molecular weight is 1140 g/mol. The molecule has 9 aliphatic rings. The van der Waals surface area contributed by atoms with Gasteiger partial charge in [0, 0.05) is 30.9 Å². The number of benzene rings is 1. The number of phenolic OH excluding ortho intramolecular Hbond substituents is 1. The molecular formula is C54H66Cl2N8O15. The molecule has 11 bridgehead atoms. The van der Waals surface area contributed by atoms with Gasteiger partial charge >= 0.3 is 0 Å².